The van der Waals surface area contributed by atoms with E-state index in [1.807, 2.05) is 25.1 Å². The van der Waals surface area contributed by atoms with Crippen LogP contribution in [-0.2, 0) is 0 Å². The Kier molecular flexibility index (Phi) is 7.39. The average Bonchev–Trinajstić information content (AvgIpc) is 2.86. The fraction of sp³-hybridized carbons (Fsp3) is 0.111. The van der Waals surface area contributed by atoms with Gasteiger partial charge in [0, 0.05) is 27.0 Å². The molecule has 1 atom stereocenters. The van der Waals surface area contributed by atoms with Gasteiger partial charge in [0.2, 0.25) is 0 Å². The predicted molar refractivity (Wildman–Crippen MR) is 145 cm³/mol. The average molecular weight is 517 g/mol. The molecule has 1 heterocycles. The summed E-state index contributed by atoms with van der Waals surface area (Å²) in [5, 5.41) is 17.2. The second-order valence-electron chi connectivity index (χ2n) is 8.17. The van der Waals surface area contributed by atoms with E-state index in [1.54, 1.807) is 42.5 Å². The molecule has 7 nitrogen and oxygen atoms in total. The number of anilines is 5. The van der Waals surface area contributed by atoms with Crippen molar-refractivity contribution < 1.29 is 4.79 Å². The highest BCUT2D eigenvalue weighted by molar-refractivity contribution is 6.32. The molecule has 36 heavy (non-hydrogen) atoms. The molecule has 0 aliphatic carbocycles. The maximum atomic E-state index is 11.5. The monoisotopic (exact) mass is 516 g/mol. The summed E-state index contributed by atoms with van der Waals surface area (Å²) in [6.45, 7) is 3.42. The fourth-order valence-electron chi connectivity index (χ4n) is 3.69. The quantitative estimate of drug-likeness (QED) is 0.226. The van der Waals surface area contributed by atoms with Crippen molar-refractivity contribution in [2.75, 3.05) is 16.4 Å². The van der Waals surface area contributed by atoms with E-state index in [0.717, 1.165) is 16.8 Å². The van der Waals surface area contributed by atoms with Crippen LogP contribution < -0.4 is 16.4 Å². The van der Waals surface area contributed by atoms with Crippen LogP contribution in [0, 0.1) is 18.3 Å². The third-order valence-corrected chi connectivity index (χ3v) is 6.26. The Morgan fingerprint density at radius 3 is 2.25 bits per heavy atom. The summed E-state index contributed by atoms with van der Waals surface area (Å²) in [6, 6.07) is 20.1. The van der Waals surface area contributed by atoms with Gasteiger partial charge in [0.05, 0.1) is 12.0 Å². The van der Waals surface area contributed by atoms with Crippen molar-refractivity contribution in [1.29, 1.82) is 5.26 Å². The Morgan fingerprint density at radius 2 is 1.64 bits per heavy atom. The molecule has 0 aliphatic heterocycles. The molecular weight excluding hydrogens is 495 g/mol. The number of hydrogen-bond acceptors (Lipinski definition) is 7. The van der Waals surface area contributed by atoms with E-state index in [-0.39, 0.29) is 5.78 Å². The number of nitriles is 1. The Labute approximate surface area is 218 Å². The number of nitrogens with one attached hydrogen (secondary N) is 2. The number of benzene rings is 3. The van der Waals surface area contributed by atoms with Gasteiger partial charge in [-0.05, 0) is 73.0 Å². The van der Waals surface area contributed by atoms with Crippen molar-refractivity contribution in [2.24, 2.45) is 0 Å². The summed E-state index contributed by atoms with van der Waals surface area (Å²) in [7, 11) is 0. The molecule has 0 aliphatic rings. The first-order valence-electron chi connectivity index (χ1n) is 11.0. The zero-order valence-electron chi connectivity index (χ0n) is 19.5. The van der Waals surface area contributed by atoms with E-state index < -0.39 is 5.92 Å². The van der Waals surface area contributed by atoms with Gasteiger partial charge in [0.1, 0.15) is 12.0 Å². The smallest absolute Gasteiger partial charge is 0.159 e. The third kappa shape index (κ3) is 5.41. The summed E-state index contributed by atoms with van der Waals surface area (Å²) < 4.78 is 0. The Hall–Kier alpha value is -4.12. The second kappa shape index (κ2) is 10.6. The van der Waals surface area contributed by atoms with Gasteiger partial charge in [-0.25, -0.2) is 9.97 Å². The van der Waals surface area contributed by atoms with Crippen LogP contribution >= 0.6 is 23.2 Å². The molecule has 0 bridgehead atoms. The Bertz CT molecular complexity index is 1460. The van der Waals surface area contributed by atoms with Gasteiger partial charge in [-0.1, -0.05) is 41.4 Å². The summed E-state index contributed by atoms with van der Waals surface area (Å²) >= 11 is 12.6. The van der Waals surface area contributed by atoms with Gasteiger partial charge in [0.25, 0.3) is 0 Å². The van der Waals surface area contributed by atoms with E-state index >= 15 is 0 Å². The summed E-state index contributed by atoms with van der Waals surface area (Å²) in [5.41, 5.74) is 11.0. The minimum absolute atomic E-state index is 0.0103. The standard InChI is InChI=1S/C27H22Cl2N6O/c1-15-11-21(22(13-30)18-3-7-19(28)8-4-18)23(29)12-24(15)35-27-25(31)26(32-14-33-27)34-20-9-5-17(6-10-20)16(2)36/h3-12,14,22H,31H2,1-2H3,(H2,32,33,34,35). The van der Waals surface area contributed by atoms with Gasteiger partial charge in [-0.3, -0.25) is 4.79 Å². The van der Waals surface area contributed by atoms with Crippen LogP contribution in [0.2, 0.25) is 10.0 Å². The van der Waals surface area contributed by atoms with Crippen LogP contribution in [0.5, 0.6) is 0 Å². The number of aromatic nitrogens is 2. The highest BCUT2D eigenvalue weighted by Gasteiger charge is 2.19. The zero-order valence-corrected chi connectivity index (χ0v) is 21.0. The van der Waals surface area contributed by atoms with Crippen molar-refractivity contribution in [3.8, 4) is 6.07 Å². The van der Waals surface area contributed by atoms with Crippen LogP contribution in [0.15, 0.2) is 67.0 Å². The van der Waals surface area contributed by atoms with Gasteiger partial charge in [0.15, 0.2) is 17.4 Å². The molecule has 0 fully saturated rings. The molecule has 9 heteroatoms. The topological polar surface area (TPSA) is 117 Å². The lowest BCUT2D eigenvalue weighted by Crippen LogP contribution is -2.07. The van der Waals surface area contributed by atoms with Crippen molar-refractivity contribution in [3.63, 3.8) is 0 Å². The molecule has 1 aromatic heterocycles. The molecule has 0 amide bonds. The van der Waals surface area contributed by atoms with Crippen molar-refractivity contribution in [1.82, 2.24) is 9.97 Å². The number of ketones is 1. The molecule has 0 saturated heterocycles. The lowest BCUT2D eigenvalue weighted by molar-refractivity contribution is 0.101. The lowest BCUT2D eigenvalue weighted by Gasteiger charge is -2.17. The van der Waals surface area contributed by atoms with E-state index in [4.69, 9.17) is 28.9 Å². The zero-order chi connectivity index (χ0) is 25.8. The van der Waals surface area contributed by atoms with E-state index in [1.165, 1.54) is 13.3 Å². The number of nitrogens with zero attached hydrogens (tertiary/aromatic N) is 3. The maximum absolute atomic E-state index is 11.5. The molecule has 0 radical (unpaired) electrons. The van der Waals surface area contributed by atoms with Gasteiger partial charge in [-0.2, -0.15) is 5.26 Å². The molecule has 4 rings (SSSR count). The number of halogens is 2. The fourth-order valence-corrected chi connectivity index (χ4v) is 4.08. The molecule has 4 N–H and O–H groups in total. The molecule has 1 unspecified atom stereocenters. The second-order valence-corrected chi connectivity index (χ2v) is 9.01. The highest BCUT2D eigenvalue weighted by Crippen LogP contribution is 2.36. The van der Waals surface area contributed by atoms with Crippen molar-refractivity contribution in [2.45, 2.75) is 19.8 Å². The summed E-state index contributed by atoms with van der Waals surface area (Å²) in [5.74, 6) is 0.255. The van der Waals surface area contributed by atoms with E-state index in [9.17, 15) is 10.1 Å². The minimum Gasteiger partial charge on any atom is -0.393 e. The molecule has 3 aromatic carbocycles. The van der Waals surface area contributed by atoms with Crippen molar-refractivity contribution >= 4 is 57.7 Å². The molecular formula is C27H22Cl2N6O. The summed E-state index contributed by atoms with van der Waals surface area (Å²) in [6.07, 6.45) is 1.39. The number of nitrogens with two attached hydrogens (primary N) is 1. The normalized spacial score (nSPS) is 11.4. The Balaban J connectivity index is 1.59. The minimum atomic E-state index is -0.545. The molecule has 0 saturated carbocycles. The first kappa shape index (κ1) is 25.0. The number of rotatable bonds is 7. The number of hydrogen-bond donors (Lipinski definition) is 3. The SMILES string of the molecule is CC(=O)c1ccc(Nc2ncnc(Nc3cc(Cl)c(C(C#N)c4ccc(Cl)cc4)cc3C)c2N)cc1. The first-order valence-corrected chi connectivity index (χ1v) is 11.7. The van der Waals surface area contributed by atoms with Crippen LogP contribution in [-0.4, -0.2) is 15.8 Å². The van der Waals surface area contributed by atoms with Gasteiger partial charge < -0.3 is 16.4 Å². The molecule has 4 aromatic rings. The molecule has 180 valence electrons. The lowest BCUT2D eigenvalue weighted by atomic mass is 9.91. The predicted octanol–water partition coefficient (Wildman–Crippen LogP) is 7.02. The maximum Gasteiger partial charge on any atom is 0.159 e. The Morgan fingerprint density at radius 1 is 1.00 bits per heavy atom. The van der Waals surface area contributed by atoms with Crippen LogP contribution in [0.1, 0.15) is 39.9 Å². The molecule has 0 spiro atoms. The number of aryl methyl sites for hydroxylation is 1. The van der Waals surface area contributed by atoms with E-state index in [0.29, 0.717) is 44.2 Å². The van der Waals surface area contributed by atoms with Gasteiger partial charge in [-0.15, -0.1) is 0 Å². The largest absolute Gasteiger partial charge is 0.393 e. The number of carbonyl (C=O) groups excluding carboxylic acids is 1. The summed E-state index contributed by atoms with van der Waals surface area (Å²) in [4.78, 5) is 20.0. The van der Waals surface area contributed by atoms with Crippen LogP contribution in [0.3, 0.4) is 0 Å². The van der Waals surface area contributed by atoms with E-state index in [2.05, 4.69) is 26.7 Å². The number of carbonyl (C=O) groups is 1. The highest BCUT2D eigenvalue weighted by atomic mass is 35.5. The van der Waals surface area contributed by atoms with Crippen LogP contribution in [0.25, 0.3) is 0 Å². The first-order chi connectivity index (χ1) is 17.3. The number of Topliss-reactive ketones (excluding diaryl/α,β-unsaturated/α-hetero) is 1. The van der Waals surface area contributed by atoms with Crippen molar-refractivity contribution in [3.05, 3.63) is 99.3 Å². The third-order valence-electron chi connectivity index (χ3n) is 5.68. The van der Waals surface area contributed by atoms with Crippen LogP contribution in [0.4, 0.5) is 28.7 Å². The number of nitrogen functional groups attached to an aromatic ring is 1. The van der Waals surface area contributed by atoms with Gasteiger partial charge >= 0.3 is 0 Å².